The van der Waals surface area contributed by atoms with E-state index in [9.17, 15) is 14.4 Å². The van der Waals surface area contributed by atoms with Crippen molar-refractivity contribution in [3.8, 4) is 0 Å². The predicted molar refractivity (Wildman–Crippen MR) is 273 cm³/mol. The highest BCUT2D eigenvalue weighted by molar-refractivity contribution is 5.80. The van der Waals surface area contributed by atoms with E-state index < -0.39 is 0 Å². The van der Waals surface area contributed by atoms with Gasteiger partial charge in [0.25, 0.3) is 0 Å². The molecule has 0 aromatic carbocycles. The first-order valence-electron chi connectivity index (χ1n) is 23.2. The van der Waals surface area contributed by atoms with Gasteiger partial charge < -0.3 is 58.0 Å². The van der Waals surface area contributed by atoms with E-state index in [4.69, 9.17) is 11.5 Å². The third-order valence-corrected chi connectivity index (χ3v) is 7.62. The molecule has 0 saturated heterocycles. The maximum Gasteiger partial charge on any atom is 0.238 e. The van der Waals surface area contributed by atoms with Crippen molar-refractivity contribution in [2.45, 2.75) is 134 Å². The molecule has 366 valence electrons. The highest BCUT2D eigenvalue weighted by Gasteiger charge is 2.16. The van der Waals surface area contributed by atoms with Crippen LogP contribution in [0, 0.1) is 0 Å². The summed E-state index contributed by atoms with van der Waals surface area (Å²) >= 11 is 0. The quantitative estimate of drug-likeness (QED) is 0.0277. The molecule has 0 radical (unpaired) electrons. The van der Waals surface area contributed by atoms with Crippen LogP contribution >= 0.6 is 0 Å². The lowest BCUT2D eigenvalue weighted by Gasteiger charge is -2.22. The van der Waals surface area contributed by atoms with Gasteiger partial charge in [0, 0.05) is 36.7 Å². The lowest BCUT2D eigenvalue weighted by molar-refractivity contribution is -0.119. The number of nitrogens with one attached hydrogen (secondary N) is 6. The molecule has 2 amide bonds. The summed E-state index contributed by atoms with van der Waals surface area (Å²) in [6.45, 7) is 33.7. The summed E-state index contributed by atoms with van der Waals surface area (Å²) in [6, 6.07) is 0.0590. The van der Waals surface area contributed by atoms with Crippen molar-refractivity contribution in [1.29, 1.82) is 0 Å². The summed E-state index contributed by atoms with van der Waals surface area (Å²) in [5.74, 6) is 1.59. The van der Waals surface area contributed by atoms with E-state index >= 15 is 0 Å². The molecule has 1 aromatic rings. The summed E-state index contributed by atoms with van der Waals surface area (Å²) < 4.78 is 0. The molecule has 16 heteroatoms. The molecule has 1 atom stereocenters. The standard InChI is InChI=1S/C25H47N9.C10H16N4O2.C3H6O.C3H8.3C2H6/c1-6-9-10-19-34(5)21-13-18-29-25-31-23(27-16-11-15-22(26)14-7-2)30-24(32-25)28-17-12-20-33(4)8-3;1-12-8-3-2-7(14-10(16)5-11)4-9(8)13-6-15;1-3(2)4;1-3-2;3*1-2/h7,11,14-15H,2,6,8-10,12-13,16-21,26H2,1,3-5H3,(H3,27,28,29,30,31,32);2,4,6,8,12H,3,5,11H2,1H3,(H,13,15)(H,14,16);1-2H3;3H2,1-2H3;3*1-2H3/b15-11-,22-14+;;;;;;. The molecule has 1 unspecified atom stereocenters. The van der Waals surface area contributed by atoms with Gasteiger partial charge in [-0.25, -0.2) is 0 Å². The van der Waals surface area contributed by atoms with Crippen LogP contribution in [0.4, 0.5) is 17.8 Å². The number of unbranched alkanes of at least 4 members (excludes halogenated alkanes) is 2. The van der Waals surface area contributed by atoms with Crippen molar-refractivity contribution in [3.63, 3.8) is 0 Å². The van der Waals surface area contributed by atoms with Crippen LogP contribution in [0.5, 0.6) is 0 Å². The van der Waals surface area contributed by atoms with Gasteiger partial charge in [-0.15, -0.1) is 0 Å². The van der Waals surface area contributed by atoms with E-state index in [1.165, 1.54) is 39.5 Å². The summed E-state index contributed by atoms with van der Waals surface area (Å²) in [5.41, 5.74) is 13.1. The highest BCUT2D eigenvalue weighted by atomic mass is 16.2. The molecule has 2 rings (SSSR count). The molecule has 1 aliphatic carbocycles. The number of allylic oxidation sites excluding steroid dienone is 4. The summed E-state index contributed by atoms with van der Waals surface area (Å²) in [6.07, 6.45) is 19.2. The van der Waals surface area contributed by atoms with E-state index in [1.807, 2.05) is 66.8 Å². The third kappa shape index (κ3) is 45.2. The van der Waals surface area contributed by atoms with Gasteiger partial charge in [0.05, 0.1) is 12.6 Å². The average molecular weight is 890 g/mol. The summed E-state index contributed by atoms with van der Waals surface area (Å²) in [7, 11) is 6.12. The maximum atomic E-state index is 11.1. The number of aromatic nitrogens is 3. The number of hydrogen-bond donors (Lipinski definition) is 8. The third-order valence-electron chi connectivity index (χ3n) is 7.62. The van der Waals surface area contributed by atoms with Crippen LogP contribution in [0.1, 0.15) is 128 Å². The Balaban J connectivity index is -0.000000318. The van der Waals surface area contributed by atoms with Gasteiger partial charge in [-0.2, -0.15) is 15.0 Å². The van der Waals surface area contributed by atoms with Crippen LogP contribution < -0.4 is 43.4 Å². The van der Waals surface area contributed by atoms with Gasteiger partial charge in [0.15, 0.2) is 0 Å². The number of hydrogen-bond acceptors (Lipinski definition) is 14. The highest BCUT2D eigenvalue weighted by Crippen LogP contribution is 2.14. The fraction of sp³-hybridized carbons (Fsp3) is 0.660. The Morgan fingerprint density at radius 2 is 1.33 bits per heavy atom. The van der Waals surface area contributed by atoms with Gasteiger partial charge in [-0.05, 0) is 105 Å². The Kier molecular flexibility index (Phi) is 55.4. The summed E-state index contributed by atoms with van der Waals surface area (Å²) in [5, 5.41) is 18.2. The molecule has 63 heavy (non-hydrogen) atoms. The van der Waals surface area contributed by atoms with Crippen molar-refractivity contribution in [2.75, 3.05) is 89.5 Å². The second kappa shape index (κ2) is 51.7. The summed E-state index contributed by atoms with van der Waals surface area (Å²) in [4.78, 5) is 49.2. The number of amides is 2. The Bertz CT molecular complexity index is 1360. The number of Topliss-reactive ketones (excluding diaryl/α,β-unsaturated/α-hetero) is 1. The first kappa shape index (κ1) is 67.4. The molecular formula is C47H95N13O3. The minimum atomic E-state index is -0.254. The number of likely N-dealkylation sites (N-methyl/N-ethyl adjacent to an activating group) is 1. The van der Waals surface area contributed by atoms with Crippen LogP contribution in [-0.2, 0) is 14.4 Å². The lowest BCUT2D eigenvalue weighted by Crippen LogP contribution is -2.37. The molecule has 0 bridgehead atoms. The molecule has 0 aliphatic heterocycles. The van der Waals surface area contributed by atoms with Gasteiger partial charge in [0.2, 0.25) is 30.2 Å². The Labute approximate surface area is 385 Å². The van der Waals surface area contributed by atoms with Crippen molar-refractivity contribution in [3.05, 3.63) is 60.1 Å². The van der Waals surface area contributed by atoms with Crippen LogP contribution in [0.3, 0.4) is 0 Å². The van der Waals surface area contributed by atoms with E-state index in [0.29, 0.717) is 48.6 Å². The zero-order chi connectivity index (χ0) is 49.3. The van der Waals surface area contributed by atoms with Gasteiger partial charge >= 0.3 is 0 Å². The number of carbonyl (C=O) groups is 3. The average Bonchev–Trinajstić information content (AvgIpc) is 3.28. The molecule has 0 fully saturated rings. The Hall–Kier alpha value is -4.64. The molecule has 1 aromatic heterocycles. The van der Waals surface area contributed by atoms with Gasteiger partial charge in [-0.3, -0.25) is 9.59 Å². The van der Waals surface area contributed by atoms with Gasteiger partial charge in [0.1, 0.15) is 5.78 Å². The van der Waals surface area contributed by atoms with Crippen LogP contribution in [0.15, 0.2) is 60.1 Å². The van der Waals surface area contributed by atoms with Crippen LogP contribution in [-0.4, -0.2) is 122 Å². The fourth-order valence-corrected chi connectivity index (χ4v) is 4.63. The zero-order valence-corrected chi connectivity index (χ0v) is 42.5. The zero-order valence-electron chi connectivity index (χ0n) is 42.5. The van der Waals surface area contributed by atoms with E-state index in [-0.39, 0.29) is 24.3 Å². The van der Waals surface area contributed by atoms with Gasteiger partial charge in [-0.1, -0.05) is 113 Å². The minimum Gasteiger partial charge on any atom is -0.399 e. The number of rotatable bonds is 25. The van der Waals surface area contributed by atoms with Crippen LogP contribution in [0.25, 0.3) is 0 Å². The smallest absolute Gasteiger partial charge is 0.238 e. The van der Waals surface area contributed by atoms with E-state index in [1.54, 1.807) is 18.2 Å². The number of anilines is 3. The molecule has 16 nitrogen and oxygen atoms in total. The van der Waals surface area contributed by atoms with E-state index in [0.717, 1.165) is 57.8 Å². The van der Waals surface area contributed by atoms with Crippen molar-refractivity contribution >= 4 is 35.9 Å². The number of nitrogens with two attached hydrogens (primary N) is 2. The number of carbonyl (C=O) groups excluding carboxylic acids is 3. The van der Waals surface area contributed by atoms with Crippen molar-refractivity contribution < 1.29 is 14.4 Å². The fourth-order valence-electron chi connectivity index (χ4n) is 4.63. The lowest BCUT2D eigenvalue weighted by atomic mass is 10.0. The second-order valence-corrected chi connectivity index (χ2v) is 13.4. The Morgan fingerprint density at radius 3 is 1.78 bits per heavy atom. The topological polar surface area (TPSA) is 221 Å². The molecule has 1 heterocycles. The molecule has 0 spiro atoms. The first-order chi connectivity index (χ1) is 30.3. The normalized spacial score (nSPS) is 12.4. The molecule has 1 aliphatic rings. The molecule has 0 saturated carbocycles. The van der Waals surface area contributed by atoms with Crippen LogP contribution in [0.2, 0.25) is 0 Å². The minimum absolute atomic E-state index is 0.0585. The number of nitrogens with zero attached hydrogens (tertiary/aromatic N) is 5. The molecular weight excluding hydrogens is 795 g/mol. The van der Waals surface area contributed by atoms with Crippen molar-refractivity contribution in [1.82, 2.24) is 40.7 Å². The van der Waals surface area contributed by atoms with Crippen molar-refractivity contribution in [2.24, 2.45) is 11.5 Å². The molecule has 10 N–H and O–H groups in total. The second-order valence-electron chi connectivity index (χ2n) is 13.4. The monoisotopic (exact) mass is 890 g/mol. The largest absolute Gasteiger partial charge is 0.399 e. The SMILES string of the molecule is C=C/C=C(N)\C=C/CNc1nc(NCCCN(C)CC)nc(NCCCN(C)CCCCC)n1.CC.CC.CC.CC(C)=O.CCC.CNC1CC=C(NC(=O)CN)C=C1NC=O. The predicted octanol–water partition coefficient (Wildman–Crippen LogP) is 7.20. The van der Waals surface area contributed by atoms with E-state index in [2.05, 4.69) is 105 Å². The Morgan fingerprint density at radius 1 is 0.841 bits per heavy atom. The maximum absolute atomic E-state index is 11.1. The number of ketones is 1. The first-order valence-corrected chi connectivity index (χ1v) is 23.2.